The van der Waals surface area contributed by atoms with Gasteiger partial charge in [0.1, 0.15) is 23.6 Å². The molecule has 0 spiro atoms. The average molecular weight is 431 g/mol. The summed E-state index contributed by atoms with van der Waals surface area (Å²) in [6, 6.07) is -0.597. The number of hydrogen-bond acceptors (Lipinski definition) is 5. The highest BCUT2D eigenvalue weighted by Gasteiger charge is 2.31. The van der Waals surface area contributed by atoms with Gasteiger partial charge in [-0.2, -0.15) is 0 Å². The van der Waals surface area contributed by atoms with E-state index >= 15 is 0 Å². The van der Waals surface area contributed by atoms with Crippen molar-refractivity contribution in [3.8, 4) is 0 Å². The molecule has 30 heavy (non-hydrogen) atoms. The van der Waals surface area contributed by atoms with E-state index in [1.807, 2.05) is 0 Å². The number of aliphatic hydroxyl groups excluding tert-OH is 1. The van der Waals surface area contributed by atoms with Gasteiger partial charge in [0, 0.05) is 11.6 Å². The van der Waals surface area contributed by atoms with Crippen molar-refractivity contribution >= 4 is 12.1 Å². The van der Waals surface area contributed by atoms with Crippen LogP contribution in [0.2, 0.25) is 0 Å². The Morgan fingerprint density at radius 1 is 1.10 bits per heavy atom. The van der Waals surface area contributed by atoms with Gasteiger partial charge < -0.3 is 19.9 Å². The third kappa shape index (κ3) is 7.19. The van der Waals surface area contributed by atoms with Gasteiger partial charge in [0.15, 0.2) is 11.6 Å². The SMILES string of the molecule is CC(C)(C)OC(=O)N[C@@H](CC(=O)OC1CCCCC1)C(O)c1cc(F)c(F)cc1F. The number of nitrogens with one attached hydrogen (secondary N) is 1. The van der Waals surface area contributed by atoms with Gasteiger partial charge in [-0.15, -0.1) is 0 Å². The van der Waals surface area contributed by atoms with Crippen LogP contribution in [0.1, 0.15) is 71.0 Å². The Kier molecular flexibility index (Phi) is 8.11. The van der Waals surface area contributed by atoms with Gasteiger partial charge in [0.05, 0.1) is 12.5 Å². The molecule has 2 N–H and O–H groups in total. The number of halogens is 3. The Bertz CT molecular complexity index is 760. The van der Waals surface area contributed by atoms with Crippen LogP contribution in [-0.2, 0) is 14.3 Å². The topological polar surface area (TPSA) is 84.9 Å². The lowest BCUT2D eigenvalue weighted by atomic mass is 9.97. The molecule has 1 fully saturated rings. The van der Waals surface area contributed by atoms with E-state index in [0.29, 0.717) is 12.1 Å². The minimum Gasteiger partial charge on any atom is -0.462 e. The number of carbonyl (C=O) groups excluding carboxylic acids is 2. The molecular formula is C21H28F3NO5. The summed E-state index contributed by atoms with van der Waals surface area (Å²) in [7, 11) is 0. The van der Waals surface area contributed by atoms with Crippen molar-refractivity contribution in [3.05, 3.63) is 35.1 Å². The maximum atomic E-state index is 14.1. The molecule has 0 aliphatic heterocycles. The summed E-state index contributed by atoms with van der Waals surface area (Å²) in [6.07, 6.45) is 0.796. The van der Waals surface area contributed by atoms with Crippen molar-refractivity contribution in [2.75, 3.05) is 0 Å². The van der Waals surface area contributed by atoms with E-state index in [4.69, 9.17) is 9.47 Å². The number of alkyl carbamates (subject to hydrolysis) is 1. The van der Waals surface area contributed by atoms with Gasteiger partial charge in [0.2, 0.25) is 0 Å². The molecule has 2 rings (SSSR count). The average Bonchev–Trinajstić information content (AvgIpc) is 2.63. The second kappa shape index (κ2) is 10.1. The first-order valence-electron chi connectivity index (χ1n) is 9.98. The minimum atomic E-state index is -1.84. The van der Waals surface area contributed by atoms with E-state index in [9.17, 15) is 27.9 Å². The van der Waals surface area contributed by atoms with Crippen LogP contribution in [-0.4, -0.2) is 34.9 Å². The van der Waals surface area contributed by atoms with Crippen LogP contribution in [0.5, 0.6) is 0 Å². The summed E-state index contributed by atoms with van der Waals surface area (Å²) in [6.45, 7) is 4.85. The fourth-order valence-corrected chi connectivity index (χ4v) is 3.28. The molecule has 1 aliphatic rings. The Morgan fingerprint density at radius 2 is 1.70 bits per heavy atom. The quantitative estimate of drug-likeness (QED) is 0.518. The van der Waals surface area contributed by atoms with E-state index in [0.717, 1.165) is 32.1 Å². The van der Waals surface area contributed by atoms with Crippen molar-refractivity contribution < 1.29 is 37.3 Å². The van der Waals surface area contributed by atoms with Crippen LogP contribution in [0.25, 0.3) is 0 Å². The van der Waals surface area contributed by atoms with Crippen LogP contribution in [0, 0.1) is 17.5 Å². The third-order valence-corrected chi connectivity index (χ3v) is 4.68. The first-order valence-corrected chi connectivity index (χ1v) is 9.98. The Labute approximate surface area is 173 Å². The lowest BCUT2D eigenvalue weighted by Gasteiger charge is -2.28. The second-order valence-electron chi connectivity index (χ2n) is 8.44. The number of carbonyl (C=O) groups is 2. The van der Waals surface area contributed by atoms with E-state index in [2.05, 4.69) is 5.32 Å². The fourth-order valence-electron chi connectivity index (χ4n) is 3.28. The van der Waals surface area contributed by atoms with Gasteiger partial charge >= 0.3 is 12.1 Å². The molecule has 0 heterocycles. The van der Waals surface area contributed by atoms with Gasteiger partial charge in [0.25, 0.3) is 0 Å². The van der Waals surface area contributed by atoms with Crippen molar-refractivity contribution in [2.45, 2.75) is 83.1 Å². The van der Waals surface area contributed by atoms with Crippen molar-refractivity contribution in [2.24, 2.45) is 0 Å². The van der Waals surface area contributed by atoms with E-state index < -0.39 is 59.2 Å². The number of ether oxygens (including phenoxy) is 2. The lowest BCUT2D eigenvalue weighted by molar-refractivity contribution is -0.151. The number of benzene rings is 1. The van der Waals surface area contributed by atoms with Crippen LogP contribution in [0.3, 0.4) is 0 Å². The molecule has 2 atom stereocenters. The molecule has 1 aromatic carbocycles. The Balaban J connectivity index is 2.18. The molecule has 0 saturated heterocycles. The summed E-state index contributed by atoms with van der Waals surface area (Å²) in [5.74, 6) is -4.70. The first-order chi connectivity index (χ1) is 14.0. The molecule has 1 saturated carbocycles. The number of rotatable bonds is 6. The molecule has 6 nitrogen and oxygen atoms in total. The van der Waals surface area contributed by atoms with E-state index in [-0.39, 0.29) is 6.10 Å². The van der Waals surface area contributed by atoms with E-state index in [1.54, 1.807) is 20.8 Å². The summed E-state index contributed by atoms with van der Waals surface area (Å²) in [4.78, 5) is 24.5. The zero-order chi connectivity index (χ0) is 22.5. The standard InChI is InChI=1S/C21H28F3NO5/c1-21(2,3)30-20(28)25-17(11-18(26)29-12-7-5-4-6-8-12)19(27)13-9-15(23)16(24)10-14(13)22/h9-10,12,17,19,27H,4-8,11H2,1-3H3,(H,25,28)/t17-,19?/m0/s1. The molecule has 0 bridgehead atoms. The number of aliphatic hydroxyl groups is 1. The van der Waals surface area contributed by atoms with Gasteiger partial charge in [-0.25, -0.2) is 18.0 Å². The Hall–Kier alpha value is -2.29. The van der Waals surface area contributed by atoms with Crippen molar-refractivity contribution in [1.82, 2.24) is 5.32 Å². The summed E-state index contributed by atoms with van der Waals surface area (Å²) in [5.41, 5.74) is -1.46. The lowest BCUT2D eigenvalue weighted by Crippen LogP contribution is -2.44. The minimum absolute atomic E-state index is 0.259. The highest BCUT2D eigenvalue weighted by molar-refractivity contribution is 5.73. The molecule has 1 aromatic rings. The Morgan fingerprint density at radius 3 is 2.30 bits per heavy atom. The number of amides is 1. The molecular weight excluding hydrogens is 403 g/mol. The highest BCUT2D eigenvalue weighted by atomic mass is 19.2. The van der Waals surface area contributed by atoms with E-state index in [1.165, 1.54) is 0 Å². The highest BCUT2D eigenvalue weighted by Crippen LogP contribution is 2.26. The number of esters is 1. The van der Waals surface area contributed by atoms with Gasteiger partial charge in [-0.1, -0.05) is 6.42 Å². The third-order valence-electron chi connectivity index (χ3n) is 4.68. The first kappa shape index (κ1) is 24.0. The molecule has 1 unspecified atom stereocenters. The van der Waals surface area contributed by atoms with Crippen LogP contribution in [0.15, 0.2) is 12.1 Å². The van der Waals surface area contributed by atoms with Crippen LogP contribution >= 0.6 is 0 Å². The second-order valence-corrected chi connectivity index (χ2v) is 8.44. The molecule has 1 aliphatic carbocycles. The van der Waals surface area contributed by atoms with Crippen LogP contribution < -0.4 is 5.32 Å². The molecule has 0 radical (unpaired) electrons. The van der Waals surface area contributed by atoms with Crippen molar-refractivity contribution in [1.29, 1.82) is 0 Å². The molecule has 9 heteroatoms. The van der Waals surface area contributed by atoms with Crippen molar-refractivity contribution in [3.63, 3.8) is 0 Å². The smallest absolute Gasteiger partial charge is 0.407 e. The molecule has 1 amide bonds. The molecule has 168 valence electrons. The molecule has 0 aromatic heterocycles. The zero-order valence-corrected chi connectivity index (χ0v) is 17.3. The maximum absolute atomic E-state index is 14.1. The predicted molar refractivity (Wildman–Crippen MR) is 102 cm³/mol. The summed E-state index contributed by atoms with van der Waals surface area (Å²) < 4.78 is 51.5. The summed E-state index contributed by atoms with van der Waals surface area (Å²) >= 11 is 0. The normalized spacial score (nSPS) is 17.2. The van der Waals surface area contributed by atoms with Gasteiger partial charge in [-0.3, -0.25) is 4.79 Å². The monoisotopic (exact) mass is 431 g/mol. The number of hydrogen-bond donors (Lipinski definition) is 2. The maximum Gasteiger partial charge on any atom is 0.407 e. The largest absolute Gasteiger partial charge is 0.462 e. The van der Waals surface area contributed by atoms with Gasteiger partial charge in [-0.05, 0) is 52.5 Å². The van der Waals surface area contributed by atoms with Crippen LogP contribution in [0.4, 0.5) is 18.0 Å². The summed E-state index contributed by atoms with van der Waals surface area (Å²) in [5, 5.41) is 12.9. The predicted octanol–water partition coefficient (Wildman–Crippen LogP) is 4.30. The zero-order valence-electron chi connectivity index (χ0n) is 17.3. The fraction of sp³-hybridized carbons (Fsp3) is 0.619.